The summed E-state index contributed by atoms with van der Waals surface area (Å²) in [5.74, 6) is 0.115. The molecule has 2 aliphatic carbocycles. The minimum Gasteiger partial charge on any atom is -0.468 e. The van der Waals surface area contributed by atoms with E-state index in [2.05, 4.69) is 67.8 Å². The molecule has 6 heterocycles. The van der Waals surface area contributed by atoms with Crippen molar-refractivity contribution in [2.24, 2.45) is 11.3 Å². The summed E-state index contributed by atoms with van der Waals surface area (Å²) in [6.45, 7) is 11.6. The number of piperidine rings is 1. The van der Waals surface area contributed by atoms with Crippen molar-refractivity contribution in [1.29, 1.82) is 0 Å². The molecule has 0 unspecified atom stereocenters. The number of aromatic nitrogens is 2. The van der Waals surface area contributed by atoms with Crippen molar-refractivity contribution >= 4 is 55.4 Å². The van der Waals surface area contributed by atoms with Crippen LogP contribution in [0.1, 0.15) is 118 Å². The molecule has 2 saturated carbocycles. The van der Waals surface area contributed by atoms with Gasteiger partial charge in [-0.25, -0.2) is 13.1 Å². The summed E-state index contributed by atoms with van der Waals surface area (Å²) in [4.78, 5) is 41.3. The number of nitrogens with zero attached hydrogens (tertiary/aromatic N) is 5. The van der Waals surface area contributed by atoms with Gasteiger partial charge in [0.2, 0.25) is 5.88 Å². The van der Waals surface area contributed by atoms with Crippen LogP contribution in [-0.4, -0.2) is 116 Å². The van der Waals surface area contributed by atoms with Crippen LogP contribution >= 0.6 is 0 Å². The number of carbonyl (C=O) groups excluding carboxylic acids is 1. The van der Waals surface area contributed by atoms with Gasteiger partial charge in [0, 0.05) is 62.2 Å². The highest BCUT2D eigenvalue weighted by molar-refractivity contribution is 7.90. The summed E-state index contributed by atoms with van der Waals surface area (Å²) in [6.07, 6.45) is 10.3. The van der Waals surface area contributed by atoms with Gasteiger partial charge in [0.05, 0.1) is 58.6 Å². The maximum atomic E-state index is 14.8. The molecule has 73 heavy (non-hydrogen) atoms. The molecule has 4 aliphatic heterocycles. The second-order valence-electron chi connectivity index (χ2n) is 22.1. The molecule has 6 aliphatic rings. The molecule has 4 N–H and O–H groups in total. The number of anilines is 4. The van der Waals surface area contributed by atoms with Crippen LogP contribution in [0, 0.1) is 21.4 Å². The van der Waals surface area contributed by atoms with Crippen LogP contribution in [0.5, 0.6) is 5.88 Å². The Kier molecular flexibility index (Phi) is 13.4. The largest absolute Gasteiger partial charge is 0.468 e. The average molecular weight is 1020 g/mol. The van der Waals surface area contributed by atoms with Crippen LogP contribution < -0.4 is 24.6 Å². The first-order chi connectivity index (χ1) is 35.1. The highest BCUT2D eigenvalue weighted by Crippen LogP contribution is 2.51. The number of ether oxygens (including phenoxy) is 3. The third kappa shape index (κ3) is 9.88. The number of nitrogens with one attached hydrogen (secondary N) is 3. The van der Waals surface area contributed by atoms with Crippen molar-refractivity contribution in [3.63, 3.8) is 0 Å². The van der Waals surface area contributed by atoms with Crippen molar-refractivity contribution in [3.8, 4) is 5.88 Å². The molecule has 5 fully saturated rings. The molecule has 11 rings (SSSR count). The first kappa shape index (κ1) is 49.4. The molecule has 1 amide bonds. The van der Waals surface area contributed by atoms with E-state index in [4.69, 9.17) is 19.2 Å². The molecule has 3 aromatic carbocycles. The number of carbonyl (C=O) groups is 1. The van der Waals surface area contributed by atoms with E-state index in [1.165, 1.54) is 29.7 Å². The van der Waals surface area contributed by atoms with E-state index in [1.807, 2.05) is 37.4 Å². The predicted molar refractivity (Wildman–Crippen MR) is 279 cm³/mol. The number of rotatable bonds is 12. The second kappa shape index (κ2) is 19.8. The number of benzene rings is 3. The van der Waals surface area contributed by atoms with Crippen molar-refractivity contribution in [3.05, 3.63) is 106 Å². The molecular weight excluding hydrogens is 949 g/mol. The van der Waals surface area contributed by atoms with Crippen LogP contribution in [0.3, 0.4) is 0 Å². The number of morpholine rings is 1. The first-order valence-electron chi connectivity index (χ1n) is 26.3. The van der Waals surface area contributed by atoms with E-state index in [0.717, 1.165) is 81.9 Å². The van der Waals surface area contributed by atoms with Crippen molar-refractivity contribution in [2.45, 2.75) is 126 Å². The number of nitro benzene ring substituents is 1. The summed E-state index contributed by atoms with van der Waals surface area (Å²) < 4.78 is 49.3. The van der Waals surface area contributed by atoms with Gasteiger partial charge in [0.15, 0.2) is 0 Å². The Morgan fingerprint density at radius 2 is 1.73 bits per heavy atom. The first-order valence-corrected chi connectivity index (χ1v) is 27.8. The normalized spacial score (nSPS) is 26.3. The fourth-order valence-electron chi connectivity index (χ4n) is 12.8. The standard InChI is InChI=1S/C55H68N8O9S/c1-35(2)41-6-4-5-7-42(41)49-33-71-27-25-61(49)39-14-19-55(31-39)20-23-60(24-21-55)38-8-10-43(46(29-38)62-45-16-26-70-34-50(45)72-53-48(62)28-37-15-22-56-51(37)58-53)52(64)59-73(68,69)40-9-11-44(47(30-40)63(66)67)57-32-36-12-17-54(3,65)18-13-36/h4-11,15,22,28-30,35-36,39,45,49-50,57,65H,12-14,16-21,23-27,31-34H2,1-3H3,(H,56,58)(H,59,64)/t36?,39-,45-,49-,50-,54?/m0/s1. The Bertz CT molecular complexity index is 2980. The maximum Gasteiger partial charge on any atom is 0.293 e. The zero-order chi connectivity index (χ0) is 50.6. The third-order valence-corrected chi connectivity index (χ3v) is 18.4. The van der Waals surface area contributed by atoms with E-state index in [-0.39, 0.29) is 34.7 Å². The van der Waals surface area contributed by atoms with Crippen molar-refractivity contribution < 1.29 is 37.5 Å². The van der Waals surface area contributed by atoms with Crippen molar-refractivity contribution in [2.75, 3.05) is 67.7 Å². The zero-order valence-corrected chi connectivity index (χ0v) is 42.9. The summed E-state index contributed by atoms with van der Waals surface area (Å²) in [5.41, 5.74) is 4.86. The van der Waals surface area contributed by atoms with E-state index in [0.29, 0.717) is 80.5 Å². The lowest BCUT2D eigenvalue weighted by atomic mass is 9.76. The Morgan fingerprint density at radius 3 is 2.52 bits per heavy atom. The number of sulfonamides is 1. The van der Waals surface area contributed by atoms with Gasteiger partial charge < -0.3 is 39.4 Å². The fourth-order valence-corrected chi connectivity index (χ4v) is 13.8. The fraction of sp³-hybridized carbons (Fsp3) is 0.527. The lowest BCUT2D eigenvalue weighted by Crippen LogP contribution is -2.53. The van der Waals surface area contributed by atoms with E-state index in [9.17, 15) is 28.4 Å². The Morgan fingerprint density at radius 1 is 0.932 bits per heavy atom. The SMILES string of the molecule is CC(C)c1ccccc1[C@@H]1COCCN1[C@H]1CCC2(CCN(c3ccc(C(=O)NS(=O)(=O)c4ccc(NCC5CCC(C)(O)CC5)c([N+](=O)[O-])c4)c(N4c5cc6cc[nH]c6nc5O[C@H]5COCC[C@@H]54)c3)CC2)C1. The van der Waals surface area contributed by atoms with Gasteiger partial charge in [0.25, 0.3) is 21.6 Å². The molecule has 1 spiro atoms. The molecule has 3 saturated heterocycles. The lowest BCUT2D eigenvalue weighted by Gasteiger charge is -2.46. The van der Waals surface area contributed by atoms with E-state index < -0.39 is 43.1 Å². The molecule has 4 atom stereocenters. The molecule has 0 radical (unpaired) electrons. The third-order valence-electron chi connectivity index (χ3n) is 17.0. The highest BCUT2D eigenvalue weighted by atomic mass is 32.2. The van der Waals surface area contributed by atoms with Crippen LogP contribution in [-0.2, 0) is 19.5 Å². The van der Waals surface area contributed by atoms with Gasteiger partial charge in [-0.05, 0) is 142 Å². The topological polar surface area (TPSA) is 205 Å². The van der Waals surface area contributed by atoms with Crippen LogP contribution in [0.2, 0.25) is 0 Å². The van der Waals surface area contributed by atoms with Crippen LogP contribution in [0.25, 0.3) is 11.0 Å². The number of hydrogen-bond acceptors (Lipinski definition) is 14. The summed E-state index contributed by atoms with van der Waals surface area (Å²) >= 11 is 0. The van der Waals surface area contributed by atoms with Crippen LogP contribution in [0.4, 0.5) is 28.4 Å². The van der Waals surface area contributed by atoms with Gasteiger partial charge in [-0.2, -0.15) is 4.98 Å². The molecular formula is C55H68N8O9S. The minimum atomic E-state index is -4.62. The quantitative estimate of drug-likeness (QED) is 0.0681. The molecule has 17 nitrogen and oxygen atoms in total. The van der Waals surface area contributed by atoms with Gasteiger partial charge in [-0.1, -0.05) is 38.1 Å². The van der Waals surface area contributed by atoms with E-state index >= 15 is 0 Å². The monoisotopic (exact) mass is 1020 g/mol. The number of pyridine rings is 1. The highest BCUT2D eigenvalue weighted by Gasteiger charge is 2.46. The Hall–Kier alpha value is -5.79. The average Bonchev–Trinajstić information content (AvgIpc) is 4.03. The number of amides is 1. The number of fused-ring (bicyclic) bond motifs is 3. The lowest BCUT2D eigenvalue weighted by molar-refractivity contribution is -0.384. The molecule has 2 aromatic heterocycles. The zero-order valence-electron chi connectivity index (χ0n) is 42.1. The minimum absolute atomic E-state index is 0.116. The summed E-state index contributed by atoms with van der Waals surface area (Å²) in [5, 5.41) is 26.8. The van der Waals surface area contributed by atoms with Gasteiger partial charge >= 0.3 is 0 Å². The number of hydrogen-bond donors (Lipinski definition) is 4. The number of aromatic amines is 1. The van der Waals surface area contributed by atoms with Gasteiger partial charge in [-0.3, -0.25) is 19.8 Å². The van der Waals surface area contributed by atoms with Crippen molar-refractivity contribution in [1.82, 2.24) is 19.6 Å². The van der Waals surface area contributed by atoms with Crippen LogP contribution in [0.15, 0.2) is 83.9 Å². The maximum absolute atomic E-state index is 14.8. The molecule has 388 valence electrons. The number of nitro groups is 1. The summed E-state index contributed by atoms with van der Waals surface area (Å²) in [6, 6.07) is 22.5. The Labute approximate surface area is 427 Å². The smallest absolute Gasteiger partial charge is 0.293 e. The molecule has 18 heteroatoms. The number of aliphatic hydroxyl groups is 1. The molecule has 0 bridgehead atoms. The van der Waals surface area contributed by atoms with E-state index in [1.54, 1.807) is 6.07 Å². The Balaban J connectivity index is 0.872. The summed E-state index contributed by atoms with van der Waals surface area (Å²) in [7, 11) is -4.62. The predicted octanol–water partition coefficient (Wildman–Crippen LogP) is 8.97. The van der Waals surface area contributed by atoms with Gasteiger partial charge in [0.1, 0.15) is 23.1 Å². The second-order valence-corrected chi connectivity index (χ2v) is 23.8. The molecule has 5 aromatic rings. The van der Waals surface area contributed by atoms with Gasteiger partial charge in [-0.15, -0.1) is 0 Å². The number of H-pyrrole nitrogens is 1.